The molecule has 1 aliphatic carbocycles. The van der Waals surface area contributed by atoms with E-state index in [0.29, 0.717) is 26.2 Å². The lowest BCUT2D eigenvalue weighted by atomic mass is 10.1. The van der Waals surface area contributed by atoms with E-state index in [1.165, 1.54) is 0 Å². The Labute approximate surface area is 110 Å². The number of rotatable bonds is 4. The van der Waals surface area contributed by atoms with E-state index in [-0.39, 0.29) is 11.3 Å². The molecule has 1 heterocycles. The van der Waals surface area contributed by atoms with E-state index >= 15 is 0 Å². The first kappa shape index (κ1) is 14.2. The summed E-state index contributed by atoms with van der Waals surface area (Å²) in [6.07, 6.45) is 1.64. The van der Waals surface area contributed by atoms with Crippen LogP contribution in [0.15, 0.2) is 0 Å². The highest BCUT2D eigenvalue weighted by molar-refractivity contribution is 7.90. The molecule has 0 aromatic carbocycles. The molecule has 0 aromatic heterocycles. The zero-order valence-corrected chi connectivity index (χ0v) is 12.3. The van der Waals surface area contributed by atoms with Crippen molar-refractivity contribution in [3.63, 3.8) is 0 Å². The molecule has 2 rings (SSSR count). The monoisotopic (exact) mass is 276 g/mol. The molecule has 2 fully saturated rings. The molecule has 0 amide bonds. The number of hydrogen-bond acceptors (Lipinski definition) is 4. The molecule has 1 unspecified atom stereocenters. The fraction of sp³-hybridized carbons (Fsp3) is 1.00. The molecule has 0 bridgehead atoms. The lowest BCUT2D eigenvalue weighted by molar-refractivity contribution is 0.0180. The van der Waals surface area contributed by atoms with Crippen molar-refractivity contribution in [2.24, 2.45) is 0 Å². The van der Waals surface area contributed by atoms with Crippen molar-refractivity contribution in [1.82, 2.24) is 9.21 Å². The molecule has 1 atom stereocenters. The van der Waals surface area contributed by atoms with Crippen molar-refractivity contribution >= 4 is 10.0 Å². The largest absolute Gasteiger partial charge is 0.389 e. The van der Waals surface area contributed by atoms with Crippen LogP contribution in [0.5, 0.6) is 0 Å². The number of hydrogen-bond donors (Lipinski definition) is 1. The van der Waals surface area contributed by atoms with Gasteiger partial charge >= 0.3 is 0 Å². The lowest BCUT2D eigenvalue weighted by Gasteiger charge is -2.40. The molecule has 106 valence electrons. The summed E-state index contributed by atoms with van der Waals surface area (Å²) < 4.78 is 26.1. The van der Waals surface area contributed by atoms with Crippen LogP contribution in [0.1, 0.15) is 33.6 Å². The Morgan fingerprint density at radius 3 is 2.33 bits per heavy atom. The van der Waals surface area contributed by atoms with Gasteiger partial charge in [-0.05, 0) is 33.6 Å². The minimum atomic E-state index is -3.06. The average Bonchev–Trinajstić information content (AvgIpc) is 2.96. The third-order valence-electron chi connectivity index (χ3n) is 3.53. The predicted molar refractivity (Wildman–Crippen MR) is 70.8 cm³/mol. The molecule has 0 aromatic rings. The van der Waals surface area contributed by atoms with Gasteiger partial charge < -0.3 is 5.11 Å². The summed E-state index contributed by atoms with van der Waals surface area (Å²) >= 11 is 0. The van der Waals surface area contributed by atoms with E-state index in [9.17, 15) is 13.5 Å². The van der Waals surface area contributed by atoms with E-state index in [0.717, 1.165) is 12.8 Å². The maximum Gasteiger partial charge on any atom is 0.217 e. The van der Waals surface area contributed by atoms with E-state index < -0.39 is 15.6 Å². The summed E-state index contributed by atoms with van der Waals surface area (Å²) in [5, 5.41) is 9.68. The number of sulfonamides is 1. The van der Waals surface area contributed by atoms with Crippen molar-refractivity contribution in [3.05, 3.63) is 0 Å². The van der Waals surface area contributed by atoms with Gasteiger partial charge in [0.25, 0.3) is 0 Å². The van der Waals surface area contributed by atoms with Gasteiger partial charge in [0, 0.05) is 32.2 Å². The molecular formula is C12H24N2O3S. The van der Waals surface area contributed by atoms with Crippen LogP contribution >= 0.6 is 0 Å². The van der Waals surface area contributed by atoms with Crippen molar-refractivity contribution in [2.75, 3.05) is 26.2 Å². The van der Waals surface area contributed by atoms with Gasteiger partial charge in [-0.3, -0.25) is 4.90 Å². The summed E-state index contributed by atoms with van der Waals surface area (Å²) in [5.41, 5.74) is -0.725. The molecule has 1 saturated carbocycles. The molecule has 18 heavy (non-hydrogen) atoms. The van der Waals surface area contributed by atoms with E-state index in [1.54, 1.807) is 18.2 Å². The lowest BCUT2D eigenvalue weighted by Crippen LogP contribution is -2.56. The second-order valence-corrected chi connectivity index (χ2v) is 8.42. The summed E-state index contributed by atoms with van der Waals surface area (Å²) in [6.45, 7) is 8.08. The Bertz CT molecular complexity index is 398. The first-order valence-electron chi connectivity index (χ1n) is 6.65. The number of β-amino-alcohol motifs (C(OH)–C–C–N with tert-alkyl or cyclic N) is 1. The number of piperazine rings is 1. The van der Waals surface area contributed by atoms with Gasteiger partial charge in [0.05, 0.1) is 10.9 Å². The summed E-state index contributed by atoms with van der Waals surface area (Å²) in [7, 11) is -3.06. The van der Waals surface area contributed by atoms with Crippen LogP contribution in [-0.2, 0) is 10.0 Å². The van der Waals surface area contributed by atoms with Gasteiger partial charge in [-0.15, -0.1) is 0 Å². The summed E-state index contributed by atoms with van der Waals surface area (Å²) in [6, 6.07) is 0.00620. The molecule has 1 N–H and O–H groups in total. The van der Waals surface area contributed by atoms with E-state index in [1.807, 2.05) is 6.92 Å². The quantitative estimate of drug-likeness (QED) is 0.800. The molecule has 5 nitrogen and oxygen atoms in total. The van der Waals surface area contributed by atoms with Crippen LogP contribution in [0, 0.1) is 0 Å². The minimum Gasteiger partial charge on any atom is -0.389 e. The minimum absolute atomic E-state index is 0.00620. The normalized spacial score (nSPS) is 28.6. The van der Waals surface area contributed by atoms with Gasteiger partial charge in [-0.2, -0.15) is 4.31 Å². The smallest absolute Gasteiger partial charge is 0.217 e. The fourth-order valence-electron chi connectivity index (χ4n) is 2.64. The second-order valence-electron chi connectivity index (χ2n) is 6.25. The maximum absolute atomic E-state index is 12.2. The highest BCUT2D eigenvalue weighted by Gasteiger charge is 2.43. The Morgan fingerprint density at radius 2 is 1.89 bits per heavy atom. The highest BCUT2D eigenvalue weighted by Crippen LogP contribution is 2.32. The molecule has 6 heteroatoms. The average molecular weight is 276 g/mol. The molecule has 0 radical (unpaired) electrons. The third-order valence-corrected chi connectivity index (χ3v) is 6.04. The molecule has 2 aliphatic rings. The second kappa shape index (κ2) is 4.74. The first-order chi connectivity index (χ1) is 8.20. The van der Waals surface area contributed by atoms with E-state index in [2.05, 4.69) is 4.90 Å². The molecule has 0 spiro atoms. The predicted octanol–water partition coefficient (Wildman–Crippen LogP) is 0.256. The number of aliphatic hydroxyl groups is 1. The standard InChI is InChI=1S/C12H24N2O3S/c1-10-8-13(9-12(2,3)15)6-7-14(10)18(16,17)11-4-5-11/h10-11,15H,4-9H2,1-3H3. The van der Waals surface area contributed by atoms with Gasteiger partial charge in [-0.1, -0.05) is 0 Å². The third kappa shape index (κ3) is 3.23. The fourth-order valence-corrected chi connectivity index (χ4v) is 4.66. The van der Waals surface area contributed by atoms with Crippen LogP contribution < -0.4 is 0 Å². The van der Waals surface area contributed by atoms with Gasteiger partial charge in [0.15, 0.2) is 0 Å². The highest BCUT2D eigenvalue weighted by atomic mass is 32.2. The van der Waals surface area contributed by atoms with Crippen molar-refractivity contribution in [1.29, 1.82) is 0 Å². The zero-order chi connectivity index (χ0) is 13.6. The Morgan fingerprint density at radius 1 is 1.28 bits per heavy atom. The van der Waals surface area contributed by atoms with Gasteiger partial charge in [0.1, 0.15) is 0 Å². The Balaban J connectivity index is 1.96. The van der Waals surface area contributed by atoms with Gasteiger partial charge in [-0.25, -0.2) is 8.42 Å². The molecular weight excluding hydrogens is 252 g/mol. The van der Waals surface area contributed by atoms with Crippen LogP contribution in [0.3, 0.4) is 0 Å². The summed E-state index contributed by atoms with van der Waals surface area (Å²) in [5.74, 6) is 0. The SMILES string of the molecule is CC1CN(CC(C)(C)O)CCN1S(=O)(=O)C1CC1. The van der Waals surface area contributed by atoms with Crippen molar-refractivity contribution in [3.8, 4) is 0 Å². The number of nitrogens with zero attached hydrogens (tertiary/aromatic N) is 2. The van der Waals surface area contributed by atoms with Crippen molar-refractivity contribution in [2.45, 2.75) is 50.5 Å². The topological polar surface area (TPSA) is 60.9 Å². The maximum atomic E-state index is 12.2. The van der Waals surface area contributed by atoms with Crippen LogP contribution in [0.2, 0.25) is 0 Å². The Kier molecular flexibility index (Phi) is 3.75. The molecule has 1 saturated heterocycles. The van der Waals surface area contributed by atoms with E-state index in [4.69, 9.17) is 0 Å². The van der Waals surface area contributed by atoms with Crippen LogP contribution in [0.4, 0.5) is 0 Å². The van der Waals surface area contributed by atoms with Gasteiger partial charge in [0.2, 0.25) is 10.0 Å². The zero-order valence-electron chi connectivity index (χ0n) is 11.5. The summed E-state index contributed by atoms with van der Waals surface area (Å²) in [4.78, 5) is 2.14. The van der Waals surface area contributed by atoms with Crippen molar-refractivity contribution < 1.29 is 13.5 Å². The van der Waals surface area contributed by atoms with Crippen LogP contribution in [0.25, 0.3) is 0 Å². The first-order valence-corrected chi connectivity index (χ1v) is 8.16. The molecule has 1 aliphatic heterocycles. The van der Waals surface area contributed by atoms with Crippen LogP contribution in [-0.4, -0.2) is 65.8 Å². The Hall–Kier alpha value is -0.170.